The summed E-state index contributed by atoms with van der Waals surface area (Å²) in [4.78, 5) is 27.2. The molecule has 6 rings (SSSR count). The lowest BCUT2D eigenvalue weighted by Crippen LogP contribution is -2.40. The van der Waals surface area contributed by atoms with Crippen LogP contribution in [0.15, 0.2) is 102 Å². The van der Waals surface area contributed by atoms with Crippen LogP contribution in [0.3, 0.4) is 0 Å². The SMILES string of the molecule is COC(=O)C1C(c2ccccc2)CCN1c1nc(NCCOCCOCCI)ncc1-c1cccc(NS(=O)(=O)c2cccc3c(N(C)C)cccc23)c1. The first-order valence-electron chi connectivity index (χ1n) is 17.8. The molecule has 0 bridgehead atoms. The van der Waals surface area contributed by atoms with Crippen molar-refractivity contribution in [1.82, 2.24) is 9.97 Å². The van der Waals surface area contributed by atoms with E-state index in [0.29, 0.717) is 79.9 Å². The summed E-state index contributed by atoms with van der Waals surface area (Å²) in [7, 11) is 1.26. The van der Waals surface area contributed by atoms with E-state index in [9.17, 15) is 13.2 Å². The maximum Gasteiger partial charge on any atom is 0.329 e. The van der Waals surface area contributed by atoms with Crippen molar-refractivity contribution in [2.45, 2.75) is 23.3 Å². The summed E-state index contributed by atoms with van der Waals surface area (Å²) >= 11 is 2.27. The maximum absolute atomic E-state index is 14.0. The number of rotatable bonds is 17. The van der Waals surface area contributed by atoms with Crippen molar-refractivity contribution >= 4 is 72.5 Å². The third kappa shape index (κ3) is 9.05. The Labute approximate surface area is 330 Å². The molecule has 0 amide bonds. The van der Waals surface area contributed by atoms with E-state index in [1.807, 2.05) is 84.6 Å². The molecule has 0 radical (unpaired) electrons. The lowest BCUT2D eigenvalue weighted by atomic mass is 9.91. The van der Waals surface area contributed by atoms with Gasteiger partial charge < -0.3 is 29.3 Å². The van der Waals surface area contributed by atoms with Gasteiger partial charge in [0.1, 0.15) is 11.9 Å². The Bertz CT molecular complexity index is 2160. The molecule has 12 nitrogen and oxygen atoms in total. The van der Waals surface area contributed by atoms with Crippen LogP contribution >= 0.6 is 22.6 Å². The number of nitrogens with one attached hydrogen (secondary N) is 2. The van der Waals surface area contributed by atoms with Crippen molar-refractivity contribution in [1.29, 1.82) is 0 Å². The van der Waals surface area contributed by atoms with E-state index >= 15 is 0 Å². The highest BCUT2D eigenvalue weighted by Crippen LogP contribution is 2.41. The van der Waals surface area contributed by atoms with E-state index in [4.69, 9.17) is 19.2 Å². The Balaban J connectivity index is 1.32. The van der Waals surface area contributed by atoms with E-state index in [1.165, 1.54) is 7.11 Å². The molecule has 0 aliphatic carbocycles. The number of ether oxygens (including phenoxy) is 3. The van der Waals surface area contributed by atoms with Crippen molar-refractivity contribution in [3.63, 3.8) is 0 Å². The predicted molar refractivity (Wildman–Crippen MR) is 223 cm³/mol. The van der Waals surface area contributed by atoms with Gasteiger partial charge in [-0.3, -0.25) is 4.72 Å². The molecule has 0 saturated carbocycles. The number of carbonyl (C=O) groups excluding carboxylic acids is 1. The van der Waals surface area contributed by atoms with Crippen LogP contribution < -0.4 is 19.8 Å². The number of halogens is 1. The number of nitrogens with zero attached hydrogens (tertiary/aromatic N) is 4. The molecule has 0 spiro atoms. The minimum atomic E-state index is -4.00. The van der Waals surface area contributed by atoms with Gasteiger partial charge in [-0.15, -0.1) is 0 Å². The number of esters is 1. The van der Waals surface area contributed by atoms with Gasteiger partial charge in [-0.25, -0.2) is 18.2 Å². The number of fused-ring (bicyclic) bond motifs is 1. The molecule has 1 saturated heterocycles. The summed E-state index contributed by atoms with van der Waals surface area (Å²) in [5.74, 6) is 0.398. The molecule has 1 aliphatic rings. The minimum Gasteiger partial charge on any atom is -0.467 e. The lowest BCUT2D eigenvalue weighted by Gasteiger charge is -2.29. The van der Waals surface area contributed by atoms with Crippen LogP contribution in [-0.4, -0.2) is 95.5 Å². The molecule has 54 heavy (non-hydrogen) atoms. The average Bonchev–Trinajstić information content (AvgIpc) is 3.63. The normalized spacial score (nSPS) is 15.7. The van der Waals surface area contributed by atoms with Crippen molar-refractivity contribution in [2.24, 2.45) is 0 Å². The molecular weight excluding hydrogens is 819 g/mol. The van der Waals surface area contributed by atoms with Gasteiger partial charge in [-0.1, -0.05) is 89.3 Å². The first-order valence-corrected chi connectivity index (χ1v) is 20.8. The molecule has 2 unspecified atom stereocenters. The van der Waals surface area contributed by atoms with Gasteiger partial charge in [0.25, 0.3) is 10.0 Å². The fourth-order valence-corrected chi connectivity index (χ4v) is 8.42. The number of aromatic nitrogens is 2. The van der Waals surface area contributed by atoms with Crippen molar-refractivity contribution < 1.29 is 27.4 Å². The van der Waals surface area contributed by atoms with Crippen LogP contribution in [0.4, 0.5) is 23.1 Å². The molecule has 14 heteroatoms. The van der Waals surface area contributed by atoms with Crippen molar-refractivity contribution in [2.75, 3.05) is 85.0 Å². The number of hydrogen-bond donors (Lipinski definition) is 2. The second-order valence-corrected chi connectivity index (χ2v) is 15.7. The quantitative estimate of drug-likeness (QED) is 0.0455. The standard InChI is InChI=1S/C40H45IN6O6S/c1-46(2)35-16-8-15-33-32(35)14-9-17-36(33)54(49,50)45-30-13-7-12-29(26-30)34-27-43-40(42-20-23-53-25-24-52-22-19-41)44-38(34)47-21-18-31(37(47)39(48)51-3)28-10-5-4-6-11-28/h4-17,26-27,31,37,45H,18-25H2,1-3H3,(H,42,43,44). The Hall–Kier alpha value is -4.51. The van der Waals surface area contributed by atoms with Crippen LogP contribution in [0.5, 0.6) is 0 Å². The van der Waals surface area contributed by atoms with Gasteiger partial charge in [-0.2, -0.15) is 4.98 Å². The number of anilines is 4. The highest BCUT2D eigenvalue weighted by atomic mass is 127. The molecule has 1 aromatic heterocycles. The van der Waals surface area contributed by atoms with E-state index in [0.717, 1.165) is 21.1 Å². The number of hydrogen-bond acceptors (Lipinski definition) is 11. The Morgan fingerprint density at radius 3 is 2.43 bits per heavy atom. The molecule has 284 valence electrons. The number of carbonyl (C=O) groups is 1. The Kier molecular flexibility index (Phi) is 13.2. The highest BCUT2D eigenvalue weighted by molar-refractivity contribution is 14.1. The van der Waals surface area contributed by atoms with E-state index in [1.54, 1.807) is 36.5 Å². The Morgan fingerprint density at radius 2 is 1.67 bits per heavy atom. The lowest BCUT2D eigenvalue weighted by molar-refractivity contribution is -0.142. The summed E-state index contributed by atoms with van der Waals surface area (Å²) < 4.78 is 48.2. The van der Waals surface area contributed by atoms with Crippen LogP contribution in [-0.2, 0) is 29.0 Å². The predicted octanol–water partition coefficient (Wildman–Crippen LogP) is 6.58. The van der Waals surface area contributed by atoms with E-state index < -0.39 is 16.1 Å². The third-order valence-electron chi connectivity index (χ3n) is 9.29. The zero-order valence-electron chi connectivity index (χ0n) is 30.6. The summed E-state index contributed by atoms with van der Waals surface area (Å²) in [6.45, 7) is 3.12. The second kappa shape index (κ2) is 18.2. The molecule has 4 aromatic carbocycles. The van der Waals surface area contributed by atoms with E-state index in [-0.39, 0.29) is 16.8 Å². The summed E-state index contributed by atoms with van der Waals surface area (Å²) in [5, 5.41) is 4.71. The van der Waals surface area contributed by atoms with Crippen molar-refractivity contribution in [3.05, 3.63) is 103 Å². The van der Waals surface area contributed by atoms with Crippen LogP contribution in [0.2, 0.25) is 0 Å². The summed E-state index contributed by atoms with van der Waals surface area (Å²) in [6, 6.07) is 27.3. The molecule has 5 aromatic rings. The van der Waals surface area contributed by atoms with Gasteiger partial charge >= 0.3 is 5.97 Å². The van der Waals surface area contributed by atoms with Gasteiger partial charge in [0.2, 0.25) is 5.95 Å². The first kappa shape index (κ1) is 39.2. The monoisotopic (exact) mass is 864 g/mol. The molecule has 1 fully saturated rings. The number of benzene rings is 4. The smallest absolute Gasteiger partial charge is 0.329 e. The van der Waals surface area contributed by atoms with Gasteiger partial charge in [-0.05, 0) is 41.8 Å². The van der Waals surface area contributed by atoms with Crippen LogP contribution in [0.25, 0.3) is 21.9 Å². The highest BCUT2D eigenvalue weighted by Gasteiger charge is 2.42. The molecule has 1 aliphatic heterocycles. The van der Waals surface area contributed by atoms with Gasteiger partial charge in [0.15, 0.2) is 0 Å². The van der Waals surface area contributed by atoms with Crippen LogP contribution in [0.1, 0.15) is 17.9 Å². The Morgan fingerprint density at radius 1 is 0.926 bits per heavy atom. The summed E-state index contributed by atoms with van der Waals surface area (Å²) in [6.07, 6.45) is 2.40. The molecule has 2 heterocycles. The third-order valence-corrected chi connectivity index (χ3v) is 11.2. The maximum atomic E-state index is 14.0. The first-order chi connectivity index (χ1) is 26.2. The number of sulfonamides is 1. The molecule has 2 atom stereocenters. The fourth-order valence-electron chi connectivity index (χ4n) is 6.83. The number of methoxy groups -OCH3 is 1. The largest absolute Gasteiger partial charge is 0.467 e. The topological polar surface area (TPSA) is 135 Å². The van der Waals surface area contributed by atoms with Crippen molar-refractivity contribution in [3.8, 4) is 11.1 Å². The second-order valence-electron chi connectivity index (χ2n) is 12.9. The van der Waals surface area contributed by atoms with E-state index in [2.05, 4.69) is 37.6 Å². The molecular formula is C40H45IN6O6S. The minimum absolute atomic E-state index is 0.132. The summed E-state index contributed by atoms with van der Waals surface area (Å²) in [5.41, 5.74) is 3.63. The van der Waals surface area contributed by atoms with Gasteiger partial charge in [0, 0.05) is 71.4 Å². The van der Waals surface area contributed by atoms with Gasteiger partial charge in [0.05, 0.1) is 38.4 Å². The fraction of sp³-hybridized carbons (Fsp3) is 0.325. The van der Waals surface area contributed by atoms with Crippen LogP contribution in [0, 0.1) is 0 Å². The zero-order valence-corrected chi connectivity index (χ0v) is 33.5. The molecule has 2 N–H and O–H groups in total. The average molecular weight is 865 g/mol. The number of alkyl halides is 1. The zero-order chi connectivity index (χ0) is 38.1.